The van der Waals surface area contributed by atoms with Gasteiger partial charge in [-0.15, -0.1) is 0 Å². The van der Waals surface area contributed by atoms with Crippen LogP contribution >= 0.6 is 0 Å². The van der Waals surface area contributed by atoms with Crippen LogP contribution < -0.4 is 10.0 Å². The largest absolute Gasteiger partial charge is 0.550 e. The molecule has 0 aliphatic carbocycles. The van der Waals surface area contributed by atoms with E-state index in [1.807, 2.05) is 27.7 Å². The number of aliphatic hydroxyl groups excluding tert-OH is 4. The van der Waals surface area contributed by atoms with Crippen molar-refractivity contribution < 1.29 is 54.3 Å². The Morgan fingerprint density at radius 2 is 1.14 bits per heavy atom. The number of carbonyl (C=O) groups is 3. The molecule has 0 aromatic heterocycles. The summed E-state index contributed by atoms with van der Waals surface area (Å²) < 4.78 is 9.58. The summed E-state index contributed by atoms with van der Waals surface area (Å²) in [6.45, 7) is 14.8. The molecule has 0 aromatic rings. The van der Waals surface area contributed by atoms with Crippen molar-refractivity contribution in [2.24, 2.45) is 0 Å². The van der Waals surface area contributed by atoms with Crippen molar-refractivity contribution in [1.82, 2.24) is 0 Å². The molecule has 0 heterocycles. The first-order chi connectivity index (χ1) is 16.3. The molecule has 0 spiro atoms. The van der Waals surface area contributed by atoms with E-state index in [4.69, 9.17) is 29.9 Å². The third kappa shape index (κ3) is 42.8. The second kappa shape index (κ2) is 30.2. The molecule has 0 aliphatic heterocycles. The Labute approximate surface area is 211 Å². The van der Waals surface area contributed by atoms with Crippen LogP contribution in [0.4, 0.5) is 0 Å². The molecule has 0 saturated heterocycles. The molecule has 0 amide bonds. The Morgan fingerprint density at radius 1 is 0.771 bits per heavy atom. The normalized spacial score (nSPS) is 12.3. The van der Waals surface area contributed by atoms with E-state index in [0.717, 1.165) is 24.2 Å². The molecule has 0 bridgehead atoms. The molecule has 0 aromatic carbocycles. The zero-order chi connectivity index (χ0) is 28.2. The van der Waals surface area contributed by atoms with Gasteiger partial charge in [-0.2, -0.15) is 0 Å². The van der Waals surface area contributed by atoms with Crippen molar-refractivity contribution in [2.45, 2.75) is 98.9 Å². The van der Waals surface area contributed by atoms with Crippen LogP contribution in [-0.2, 0) is 23.9 Å². The maximum Gasteiger partial charge on any atom is 0.306 e. The van der Waals surface area contributed by atoms with Gasteiger partial charge in [-0.3, -0.25) is 9.59 Å². The van der Waals surface area contributed by atoms with Gasteiger partial charge in [0.05, 0.1) is 44.6 Å². The fourth-order valence-electron chi connectivity index (χ4n) is 1.79. The van der Waals surface area contributed by atoms with Gasteiger partial charge < -0.3 is 44.7 Å². The lowest BCUT2D eigenvalue weighted by Crippen LogP contribution is -3.13. The molecule has 0 aliphatic rings. The van der Waals surface area contributed by atoms with E-state index in [9.17, 15) is 19.5 Å². The topological polar surface area (TPSA) is 178 Å². The number of carboxylic acid groups (broad SMARTS) is 1. The highest BCUT2D eigenvalue weighted by molar-refractivity contribution is 5.75. The Kier molecular flexibility index (Phi) is 34.9. The van der Waals surface area contributed by atoms with Crippen molar-refractivity contribution in [2.75, 3.05) is 39.5 Å². The zero-order valence-corrected chi connectivity index (χ0v) is 22.7. The van der Waals surface area contributed by atoms with Crippen molar-refractivity contribution in [3.05, 3.63) is 0 Å². The van der Waals surface area contributed by atoms with Gasteiger partial charge in [-0.1, -0.05) is 20.8 Å². The van der Waals surface area contributed by atoms with Crippen LogP contribution in [0.3, 0.4) is 0 Å². The standard InChI is InChI=1S/C8H14O4.C6H15NO3.C6H12O2.C4H10O/c1-3-6(2)12-8(11)5-4-7(9)10;8-4-1-7(2-5-9)3-6-10;1-4-5(2)8-6(3)7;1-3-4(2)5/h6H,3-5H2,1-2H3,(H,9,10);8-10H,1-6H2;5H,4H2,1-3H3;4-5H,3H2,1-2H3. The predicted molar refractivity (Wildman–Crippen MR) is 130 cm³/mol. The Morgan fingerprint density at radius 3 is 1.37 bits per heavy atom. The van der Waals surface area contributed by atoms with Gasteiger partial charge >= 0.3 is 11.9 Å². The summed E-state index contributed by atoms with van der Waals surface area (Å²) in [6.07, 6.45) is 1.93. The molecule has 5 N–H and O–H groups in total. The van der Waals surface area contributed by atoms with Gasteiger partial charge in [0, 0.05) is 12.9 Å². The highest BCUT2D eigenvalue weighted by Gasteiger charge is 2.07. The fraction of sp³-hybridized carbons (Fsp3) is 0.875. The molecule has 0 radical (unpaired) electrons. The Hall–Kier alpha value is -1.79. The summed E-state index contributed by atoms with van der Waals surface area (Å²) in [5, 5.41) is 43.8. The van der Waals surface area contributed by atoms with Gasteiger partial charge in [-0.05, 0) is 46.5 Å². The quantitative estimate of drug-likeness (QED) is 0.178. The summed E-state index contributed by atoms with van der Waals surface area (Å²) in [7, 11) is 0. The first-order valence-corrected chi connectivity index (χ1v) is 12.2. The highest BCUT2D eigenvalue weighted by Crippen LogP contribution is 2.00. The molecule has 3 unspecified atom stereocenters. The van der Waals surface area contributed by atoms with E-state index in [1.165, 1.54) is 6.92 Å². The average molecular weight is 514 g/mol. The molecule has 35 heavy (non-hydrogen) atoms. The summed E-state index contributed by atoms with van der Waals surface area (Å²) >= 11 is 0. The van der Waals surface area contributed by atoms with Crippen LogP contribution in [-0.4, -0.2) is 96.1 Å². The number of aliphatic hydroxyl groups is 4. The van der Waals surface area contributed by atoms with Crippen molar-refractivity contribution in [3.63, 3.8) is 0 Å². The van der Waals surface area contributed by atoms with Crippen LogP contribution in [0.5, 0.6) is 0 Å². The van der Waals surface area contributed by atoms with Crippen LogP contribution in [0.25, 0.3) is 0 Å². The second-order valence-electron chi connectivity index (χ2n) is 7.84. The molecule has 0 rings (SSSR count). The molecule has 0 fully saturated rings. The van der Waals surface area contributed by atoms with Crippen LogP contribution in [0.1, 0.15) is 80.6 Å². The van der Waals surface area contributed by atoms with Crippen molar-refractivity contribution >= 4 is 17.9 Å². The molecule has 212 valence electrons. The van der Waals surface area contributed by atoms with Gasteiger partial charge in [0.1, 0.15) is 19.6 Å². The van der Waals surface area contributed by atoms with E-state index >= 15 is 0 Å². The molecule has 11 nitrogen and oxygen atoms in total. The van der Waals surface area contributed by atoms with E-state index in [0.29, 0.717) is 19.6 Å². The third-order valence-electron chi connectivity index (χ3n) is 4.37. The number of nitrogens with one attached hydrogen (secondary N) is 1. The number of aliphatic carboxylic acids is 1. The van der Waals surface area contributed by atoms with Crippen molar-refractivity contribution in [1.29, 1.82) is 0 Å². The van der Waals surface area contributed by atoms with Gasteiger partial charge in [0.25, 0.3) is 0 Å². The summed E-state index contributed by atoms with van der Waals surface area (Å²) in [4.78, 5) is 32.0. The van der Waals surface area contributed by atoms with E-state index < -0.39 is 11.9 Å². The van der Waals surface area contributed by atoms with E-state index in [-0.39, 0.29) is 56.9 Å². The molecular formula is C24H51NO10. The maximum absolute atomic E-state index is 10.8. The zero-order valence-electron chi connectivity index (χ0n) is 22.7. The van der Waals surface area contributed by atoms with Crippen LogP contribution in [0, 0.1) is 0 Å². The van der Waals surface area contributed by atoms with Crippen molar-refractivity contribution in [3.8, 4) is 0 Å². The Bertz CT molecular complexity index is 475. The number of hydrogen-bond donors (Lipinski definition) is 5. The summed E-state index contributed by atoms with van der Waals surface area (Å²) in [5.74, 6) is -1.90. The monoisotopic (exact) mass is 513 g/mol. The number of rotatable bonds is 14. The lowest BCUT2D eigenvalue weighted by atomic mass is 10.3. The first-order valence-electron chi connectivity index (χ1n) is 12.2. The number of esters is 2. The number of carbonyl (C=O) groups excluding carboxylic acids is 3. The molecular weight excluding hydrogens is 462 g/mol. The van der Waals surface area contributed by atoms with E-state index in [2.05, 4.69) is 0 Å². The lowest BCUT2D eigenvalue weighted by Gasteiger charge is -2.15. The fourth-order valence-corrected chi connectivity index (χ4v) is 1.79. The summed E-state index contributed by atoms with van der Waals surface area (Å²) in [6, 6.07) is 0. The first kappa shape index (κ1) is 40.4. The number of quaternary nitrogens is 1. The van der Waals surface area contributed by atoms with Gasteiger partial charge in [0.15, 0.2) is 0 Å². The minimum atomic E-state index is -1.23. The lowest BCUT2D eigenvalue weighted by molar-refractivity contribution is -0.901. The van der Waals surface area contributed by atoms with Crippen LogP contribution in [0.15, 0.2) is 0 Å². The maximum atomic E-state index is 10.8. The molecule has 0 saturated carbocycles. The second-order valence-corrected chi connectivity index (χ2v) is 7.84. The minimum absolute atomic E-state index is 0.0764. The van der Waals surface area contributed by atoms with Gasteiger partial charge in [-0.25, -0.2) is 0 Å². The van der Waals surface area contributed by atoms with E-state index in [1.54, 1.807) is 13.8 Å². The summed E-state index contributed by atoms with van der Waals surface area (Å²) in [5.41, 5.74) is 0. The Balaban J connectivity index is -0.000000191. The number of hydrogen-bond acceptors (Lipinski definition) is 10. The van der Waals surface area contributed by atoms with Crippen LogP contribution in [0.2, 0.25) is 0 Å². The average Bonchev–Trinajstić information content (AvgIpc) is 2.79. The number of carboxylic acids is 1. The molecule has 11 heteroatoms. The predicted octanol–water partition coefficient (Wildman–Crippen LogP) is -1.17. The smallest absolute Gasteiger partial charge is 0.306 e. The molecule has 3 atom stereocenters. The number of ether oxygens (including phenoxy) is 2. The minimum Gasteiger partial charge on any atom is -0.550 e. The third-order valence-corrected chi connectivity index (χ3v) is 4.37. The highest BCUT2D eigenvalue weighted by atomic mass is 16.5. The van der Waals surface area contributed by atoms with Gasteiger partial charge in [0.2, 0.25) is 0 Å². The SMILES string of the molecule is CCC(C)O.CCC(C)OC(=O)CCC(=O)[O-].CCC(C)OC(C)=O.OCC[NH+](CCO)CCO.